The van der Waals surface area contributed by atoms with Crippen LogP contribution in [0.2, 0.25) is 5.02 Å². The summed E-state index contributed by atoms with van der Waals surface area (Å²) in [6.07, 6.45) is 0. The van der Waals surface area contributed by atoms with Crippen molar-refractivity contribution in [3.8, 4) is 0 Å². The fourth-order valence-electron chi connectivity index (χ4n) is 3.52. The number of aryl methyl sites for hydroxylation is 1. The summed E-state index contributed by atoms with van der Waals surface area (Å²) in [5, 5.41) is 8.18. The van der Waals surface area contributed by atoms with Crippen LogP contribution in [0.3, 0.4) is 0 Å². The van der Waals surface area contributed by atoms with Gasteiger partial charge in [-0.3, -0.25) is 9.59 Å². The molecule has 3 heterocycles. The first-order chi connectivity index (χ1) is 12.9. The molecule has 0 fully saturated rings. The van der Waals surface area contributed by atoms with Gasteiger partial charge in [-0.1, -0.05) is 23.7 Å². The molecule has 9 heteroatoms. The lowest BCUT2D eigenvalue weighted by Gasteiger charge is -2.25. The van der Waals surface area contributed by atoms with Gasteiger partial charge in [0.2, 0.25) is 0 Å². The fourth-order valence-corrected chi connectivity index (χ4v) is 3.64. The highest BCUT2D eigenvalue weighted by Crippen LogP contribution is 2.34. The third-order valence-corrected chi connectivity index (χ3v) is 5.10. The van der Waals surface area contributed by atoms with Gasteiger partial charge < -0.3 is 9.47 Å². The average Bonchev–Trinajstić information content (AvgIpc) is 3.00. The van der Waals surface area contributed by atoms with Crippen molar-refractivity contribution in [1.82, 2.24) is 19.2 Å². The molecule has 0 aliphatic carbocycles. The van der Waals surface area contributed by atoms with Crippen LogP contribution in [0.4, 0.5) is 5.69 Å². The predicted molar refractivity (Wildman–Crippen MR) is 102 cm³/mol. The molecule has 1 amide bonds. The summed E-state index contributed by atoms with van der Waals surface area (Å²) in [5.41, 5.74) is 1.50. The van der Waals surface area contributed by atoms with Gasteiger partial charge in [0.05, 0.1) is 23.1 Å². The summed E-state index contributed by atoms with van der Waals surface area (Å²) in [4.78, 5) is 38.7. The molecule has 1 aliphatic rings. The van der Waals surface area contributed by atoms with Crippen LogP contribution in [-0.4, -0.2) is 38.7 Å². The number of rotatable bonds is 3. The Morgan fingerprint density at radius 1 is 1.19 bits per heavy atom. The number of hydrogen-bond donors (Lipinski definition) is 0. The van der Waals surface area contributed by atoms with E-state index in [0.29, 0.717) is 29.3 Å². The SMILES string of the molecule is Cc1nn(Cc2ccc(Cl)cc2)c(=O)c2c(N=O)c3n(c12)CCN(C)C3=O. The Balaban J connectivity index is 1.96. The van der Waals surface area contributed by atoms with Gasteiger partial charge in [0, 0.05) is 25.2 Å². The highest BCUT2D eigenvalue weighted by molar-refractivity contribution is 6.30. The molecule has 0 radical (unpaired) electrons. The zero-order chi connectivity index (χ0) is 19.3. The number of carbonyl (C=O) groups excluding carboxylic acids is 1. The number of nitroso groups, excluding NO2 is 1. The van der Waals surface area contributed by atoms with E-state index in [1.807, 2.05) is 0 Å². The van der Waals surface area contributed by atoms with Gasteiger partial charge in [0.25, 0.3) is 11.5 Å². The van der Waals surface area contributed by atoms with Gasteiger partial charge in [0.1, 0.15) is 5.69 Å². The Morgan fingerprint density at radius 3 is 2.56 bits per heavy atom. The molecule has 138 valence electrons. The predicted octanol–water partition coefficient (Wildman–Crippen LogP) is 2.69. The number of hydrogen-bond acceptors (Lipinski definition) is 5. The fraction of sp³-hybridized carbons (Fsp3) is 0.278. The van der Waals surface area contributed by atoms with E-state index in [2.05, 4.69) is 10.3 Å². The Morgan fingerprint density at radius 2 is 1.89 bits per heavy atom. The quantitative estimate of drug-likeness (QED) is 0.648. The van der Waals surface area contributed by atoms with Crippen molar-refractivity contribution >= 4 is 34.1 Å². The number of nitrogens with zero attached hydrogens (tertiary/aromatic N) is 5. The highest BCUT2D eigenvalue weighted by Gasteiger charge is 2.32. The van der Waals surface area contributed by atoms with Crippen molar-refractivity contribution in [2.75, 3.05) is 13.6 Å². The van der Waals surface area contributed by atoms with Gasteiger partial charge in [-0.15, -0.1) is 4.91 Å². The second-order valence-electron chi connectivity index (χ2n) is 6.57. The molecule has 3 aromatic rings. The van der Waals surface area contributed by atoms with E-state index in [-0.39, 0.29) is 29.2 Å². The van der Waals surface area contributed by atoms with E-state index in [0.717, 1.165) is 5.56 Å². The third-order valence-electron chi connectivity index (χ3n) is 4.84. The van der Waals surface area contributed by atoms with Crippen LogP contribution in [0.5, 0.6) is 0 Å². The molecular formula is C18H16ClN5O3. The third kappa shape index (κ3) is 2.64. The smallest absolute Gasteiger partial charge is 0.278 e. The summed E-state index contributed by atoms with van der Waals surface area (Å²) in [7, 11) is 1.65. The van der Waals surface area contributed by atoms with Crippen LogP contribution in [0.1, 0.15) is 21.7 Å². The van der Waals surface area contributed by atoms with E-state index < -0.39 is 5.56 Å². The molecule has 8 nitrogen and oxygen atoms in total. The molecule has 1 aromatic carbocycles. The molecule has 0 N–H and O–H groups in total. The number of aromatic nitrogens is 3. The molecule has 0 saturated heterocycles. The summed E-state index contributed by atoms with van der Waals surface area (Å²) in [5.74, 6) is -0.324. The molecule has 0 spiro atoms. The van der Waals surface area contributed by atoms with Crippen LogP contribution in [0.15, 0.2) is 34.2 Å². The zero-order valence-electron chi connectivity index (χ0n) is 14.8. The van der Waals surface area contributed by atoms with E-state index in [9.17, 15) is 14.5 Å². The van der Waals surface area contributed by atoms with E-state index in [4.69, 9.17) is 11.6 Å². The highest BCUT2D eigenvalue weighted by atomic mass is 35.5. The first-order valence-corrected chi connectivity index (χ1v) is 8.77. The first kappa shape index (κ1) is 17.4. The lowest BCUT2D eigenvalue weighted by Crippen LogP contribution is -2.37. The lowest BCUT2D eigenvalue weighted by molar-refractivity contribution is 0.0752. The normalized spacial score (nSPS) is 13.9. The number of benzene rings is 1. The first-order valence-electron chi connectivity index (χ1n) is 8.39. The van der Waals surface area contributed by atoms with Gasteiger partial charge >= 0.3 is 0 Å². The number of likely N-dealkylation sites (N-methyl/N-ethyl adjacent to an activating group) is 1. The molecular weight excluding hydrogens is 370 g/mol. The van der Waals surface area contributed by atoms with Crippen molar-refractivity contribution in [2.24, 2.45) is 5.18 Å². The van der Waals surface area contributed by atoms with Gasteiger partial charge in [-0.05, 0) is 29.8 Å². The summed E-state index contributed by atoms with van der Waals surface area (Å²) in [6.45, 7) is 2.94. The average molecular weight is 386 g/mol. The minimum atomic E-state index is -0.447. The summed E-state index contributed by atoms with van der Waals surface area (Å²) >= 11 is 5.90. The topological polar surface area (TPSA) is 89.6 Å². The molecule has 0 saturated carbocycles. The van der Waals surface area contributed by atoms with Gasteiger partial charge in [0.15, 0.2) is 5.69 Å². The zero-order valence-corrected chi connectivity index (χ0v) is 15.5. The molecule has 2 aromatic heterocycles. The van der Waals surface area contributed by atoms with Crippen LogP contribution in [0, 0.1) is 11.8 Å². The second-order valence-corrected chi connectivity index (χ2v) is 7.00. The Labute approximate surface area is 158 Å². The maximum atomic E-state index is 13.1. The minimum Gasteiger partial charge on any atom is -0.339 e. The minimum absolute atomic E-state index is 0.109. The van der Waals surface area contributed by atoms with E-state index >= 15 is 0 Å². The largest absolute Gasteiger partial charge is 0.339 e. The van der Waals surface area contributed by atoms with Crippen molar-refractivity contribution < 1.29 is 4.79 Å². The summed E-state index contributed by atoms with van der Waals surface area (Å²) in [6, 6.07) is 7.07. The van der Waals surface area contributed by atoms with Gasteiger partial charge in [-0.2, -0.15) is 5.10 Å². The maximum absolute atomic E-state index is 13.1. The van der Waals surface area contributed by atoms with Gasteiger partial charge in [-0.25, -0.2) is 4.68 Å². The Bertz CT molecular complexity index is 1150. The number of halogens is 1. The molecule has 0 unspecified atom stereocenters. The number of carbonyl (C=O) groups is 1. The lowest BCUT2D eigenvalue weighted by atomic mass is 10.2. The van der Waals surface area contributed by atoms with Crippen LogP contribution < -0.4 is 5.56 Å². The van der Waals surface area contributed by atoms with Crippen molar-refractivity contribution in [3.05, 3.63) is 61.5 Å². The van der Waals surface area contributed by atoms with E-state index in [1.54, 1.807) is 42.8 Å². The van der Waals surface area contributed by atoms with Crippen molar-refractivity contribution in [1.29, 1.82) is 0 Å². The monoisotopic (exact) mass is 385 g/mol. The van der Waals surface area contributed by atoms with Crippen molar-refractivity contribution in [2.45, 2.75) is 20.0 Å². The van der Waals surface area contributed by atoms with E-state index in [1.165, 1.54) is 9.58 Å². The number of fused-ring (bicyclic) bond motifs is 3. The van der Waals surface area contributed by atoms with Crippen LogP contribution in [-0.2, 0) is 13.1 Å². The van der Waals surface area contributed by atoms with Crippen LogP contribution in [0.25, 0.3) is 10.9 Å². The summed E-state index contributed by atoms with van der Waals surface area (Å²) < 4.78 is 2.97. The Kier molecular flexibility index (Phi) is 4.07. The Hall–Kier alpha value is -3.00. The molecule has 1 aliphatic heterocycles. The molecule has 27 heavy (non-hydrogen) atoms. The van der Waals surface area contributed by atoms with Crippen LogP contribution >= 0.6 is 11.6 Å². The molecule has 0 atom stereocenters. The van der Waals surface area contributed by atoms with Crippen molar-refractivity contribution in [3.63, 3.8) is 0 Å². The standard InChI is InChI=1S/C18H16ClN5O3/c1-10-15-13(14(21-27)16-18(26)22(2)7-8-23(15)16)17(25)24(20-10)9-11-3-5-12(19)6-4-11/h3-6H,7-9H2,1-2H3. The molecule has 0 bridgehead atoms. The number of amides is 1. The second kappa shape index (κ2) is 6.31. The maximum Gasteiger partial charge on any atom is 0.278 e. The molecule has 4 rings (SSSR count).